The lowest BCUT2D eigenvalue weighted by molar-refractivity contribution is 0.512. The first kappa shape index (κ1) is 17.9. The zero-order chi connectivity index (χ0) is 19.8. The number of hydrogen-bond acceptors (Lipinski definition) is 4. The SMILES string of the molecule is CC(C)N=C(N)c1cccc2oc(Cc3cc4c(C(=N)N)cccc4o3)cc12. The van der Waals surface area contributed by atoms with Crippen molar-refractivity contribution in [2.45, 2.75) is 26.3 Å². The number of nitrogen functional groups attached to an aromatic ring is 1. The maximum absolute atomic E-state index is 7.73. The minimum Gasteiger partial charge on any atom is -0.461 e. The summed E-state index contributed by atoms with van der Waals surface area (Å²) < 4.78 is 11.9. The topological polar surface area (TPSA) is 115 Å². The van der Waals surface area contributed by atoms with Gasteiger partial charge in [0.05, 0.1) is 6.42 Å². The van der Waals surface area contributed by atoms with Crippen LogP contribution < -0.4 is 11.5 Å². The fourth-order valence-electron chi connectivity index (χ4n) is 3.38. The van der Waals surface area contributed by atoms with Crippen molar-refractivity contribution >= 4 is 33.6 Å². The Kier molecular flexibility index (Phi) is 4.39. The van der Waals surface area contributed by atoms with E-state index in [9.17, 15) is 0 Å². The number of aliphatic imine (C=N–C) groups is 1. The maximum Gasteiger partial charge on any atom is 0.135 e. The van der Waals surface area contributed by atoms with E-state index in [1.165, 1.54) is 0 Å². The summed E-state index contributed by atoms with van der Waals surface area (Å²) in [5.74, 6) is 2.03. The van der Waals surface area contributed by atoms with E-state index in [-0.39, 0.29) is 11.9 Å². The highest BCUT2D eigenvalue weighted by Gasteiger charge is 2.14. The van der Waals surface area contributed by atoms with E-state index in [1.807, 2.05) is 62.4 Å². The normalized spacial score (nSPS) is 12.3. The molecule has 6 nitrogen and oxygen atoms in total. The monoisotopic (exact) mass is 374 g/mol. The van der Waals surface area contributed by atoms with Gasteiger partial charge >= 0.3 is 0 Å². The van der Waals surface area contributed by atoms with Crippen LogP contribution in [0, 0.1) is 5.41 Å². The number of nitrogens with zero attached hydrogens (tertiary/aromatic N) is 1. The molecule has 4 aromatic rings. The van der Waals surface area contributed by atoms with Gasteiger partial charge in [0.1, 0.15) is 34.4 Å². The predicted octanol–water partition coefficient (Wildman–Crippen LogP) is 4.17. The predicted molar refractivity (Wildman–Crippen MR) is 112 cm³/mol. The molecule has 0 spiro atoms. The molecule has 28 heavy (non-hydrogen) atoms. The smallest absolute Gasteiger partial charge is 0.135 e. The molecule has 4 rings (SSSR count). The molecule has 2 aromatic carbocycles. The molecule has 5 N–H and O–H groups in total. The summed E-state index contributed by atoms with van der Waals surface area (Å²) in [5.41, 5.74) is 14.8. The van der Waals surface area contributed by atoms with Crippen molar-refractivity contribution in [3.63, 3.8) is 0 Å². The molecule has 142 valence electrons. The van der Waals surface area contributed by atoms with Crippen LogP contribution in [0.1, 0.15) is 36.5 Å². The summed E-state index contributed by atoms with van der Waals surface area (Å²) in [6, 6.07) is 15.3. The van der Waals surface area contributed by atoms with E-state index in [1.54, 1.807) is 0 Å². The molecule has 0 saturated carbocycles. The zero-order valence-corrected chi connectivity index (χ0v) is 15.8. The van der Waals surface area contributed by atoms with Crippen LogP contribution in [0.4, 0.5) is 0 Å². The third-order valence-corrected chi connectivity index (χ3v) is 4.54. The average Bonchev–Trinajstić information content (AvgIpc) is 3.22. The van der Waals surface area contributed by atoms with Gasteiger partial charge in [0, 0.05) is 27.9 Å². The van der Waals surface area contributed by atoms with Crippen LogP contribution in [0.3, 0.4) is 0 Å². The minimum absolute atomic E-state index is 0.0197. The summed E-state index contributed by atoms with van der Waals surface area (Å²) in [6.45, 7) is 3.98. The lowest BCUT2D eigenvalue weighted by Gasteiger charge is -2.04. The van der Waals surface area contributed by atoms with Crippen molar-refractivity contribution < 1.29 is 8.83 Å². The number of benzene rings is 2. The second-order valence-corrected chi connectivity index (χ2v) is 7.06. The summed E-state index contributed by atoms with van der Waals surface area (Å²) in [4.78, 5) is 4.45. The molecule has 0 aliphatic heterocycles. The highest BCUT2D eigenvalue weighted by Crippen LogP contribution is 2.28. The lowest BCUT2D eigenvalue weighted by atomic mass is 10.1. The Bertz CT molecular complexity index is 1210. The van der Waals surface area contributed by atoms with Crippen LogP contribution >= 0.6 is 0 Å². The molecule has 0 saturated heterocycles. The van der Waals surface area contributed by atoms with Gasteiger partial charge in [-0.1, -0.05) is 24.3 Å². The summed E-state index contributed by atoms with van der Waals surface area (Å²) in [6.07, 6.45) is 0.487. The number of furan rings is 2. The molecule has 0 bridgehead atoms. The quantitative estimate of drug-likeness (QED) is 0.359. The molecule has 0 radical (unpaired) electrons. The van der Waals surface area contributed by atoms with Crippen molar-refractivity contribution in [1.82, 2.24) is 0 Å². The highest BCUT2D eigenvalue weighted by atomic mass is 16.4. The van der Waals surface area contributed by atoms with Gasteiger partial charge in [-0.2, -0.15) is 0 Å². The molecule has 0 aliphatic carbocycles. The summed E-state index contributed by atoms with van der Waals surface area (Å²) in [7, 11) is 0. The number of hydrogen-bond donors (Lipinski definition) is 3. The van der Waals surface area contributed by atoms with Gasteiger partial charge in [0.2, 0.25) is 0 Å². The van der Waals surface area contributed by atoms with E-state index in [4.69, 9.17) is 25.7 Å². The van der Waals surface area contributed by atoms with Crippen LogP contribution in [-0.4, -0.2) is 17.7 Å². The highest BCUT2D eigenvalue weighted by molar-refractivity contribution is 6.08. The Balaban J connectivity index is 1.72. The third-order valence-electron chi connectivity index (χ3n) is 4.54. The first-order valence-electron chi connectivity index (χ1n) is 9.13. The first-order valence-corrected chi connectivity index (χ1v) is 9.13. The molecule has 2 aromatic heterocycles. The molecule has 0 fully saturated rings. The largest absolute Gasteiger partial charge is 0.461 e. The summed E-state index contributed by atoms with van der Waals surface area (Å²) >= 11 is 0. The number of nitrogens with two attached hydrogens (primary N) is 2. The molecular weight excluding hydrogens is 352 g/mol. The van der Waals surface area contributed by atoms with Gasteiger partial charge in [-0.15, -0.1) is 0 Å². The van der Waals surface area contributed by atoms with Gasteiger partial charge in [-0.05, 0) is 38.1 Å². The van der Waals surface area contributed by atoms with E-state index in [0.717, 1.165) is 33.4 Å². The molecule has 2 heterocycles. The Hall–Kier alpha value is -3.54. The van der Waals surface area contributed by atoms with Crippen LogP contribution in [0.25, 0.3) is 21.9 Å². The van der Waals surface area contributed by atoms with E-state index in [2.05, 4.69) is 4.99 Å². The molecule has 0 unspecified atom stereocenters. The van der Waals surface area contributed by atoms with Crippen molar-refractivity contribution in [3.8, 4) is 0 Å². The van der Waals surface area contributed by atoms with Gasteiger partial charge in [-0.3, -0.25) is 10.4 Å². The molecule has 0 amide bonds. The number of rotatable bonds is 5. The Morgan fingerprint density at radius 3 is 2.00 bits per heavy atom. The zero-order valence-electron chi connectivity index (χ0n) is 15.8. The van der Waals surface area contributed by atoms with E-state index < -0.39 is 0 Å². The number of fused-ring (bicyclic) bond motifs is 2. The lowest BCUT2D eigenvalue weighted by Crippen LogP contribution is -2.15. The van der Waals surface area contributed by atoms with Crippen molar-refractivity contribution in [3.05, 3.63) is 71.2 Å². The van der Waals surface area contributed by atoms with Gasteiger partial charge in [0.15, 0.2) is 0 Å². The molecular formula is C22H22N4O2. The van der Waals surface area contributed by atoms with E-state index in [0.29, 0.717) is 23.4 Å². The minimum atomic E-state index is 0.0197. The molecule has 6 heteroatoms. The van der Waals surface area contributed by atoms with Crippen LogP contribution in [0.2, 0.25) is 0 Å². The van der Waals surface area contributed by atoms with Gasteiger partial charge < -0.3 is 20.3 Å². The molecule has 0 atom stereocenters. The average molecular weight is 374 g/mol. The molecule has 0 aliphatic rings. The Morgan fingerprint density at radius 2 is 1.46 bits per heavy atom. The Morgan fingerprint density at radius 1 is 0.929 bits per heavy atom. The number of amidine groups is 2. The Labute approximate surface area is 162 Å². The van der Waals surface area contributed by atoms with Crippen LogP contribution in [-0.2, 0) is 6.42 Å². The van der Waals surface area contributed by atoms with Gasteiger partial charge in [0.25, 0.3) is 0 Å². The summed E-state index contributed by atoms with van der Waals surface area (Å²) in [5, 5.41) is 9.49. The second-order valence-electron chi connectivity index (χ2n) is 7.06. The van der Waals surface area contributed by atoms with Crippen molar-refractivity contribution in [2.75, 3.05) is 0 Å². The fraction of sp³-hybridized carbons (Fsp3) is 0.182. The van der Waals surface area contributed by atoms with Crippen molar-refractivity contribution in [2.24, 2.45) is 16.5 Å². The van der Waals surface area contributed by atoms with Gasteiger partial charge in [-0.25, -0.2) is 0 Å². The third kappa shape index (κ3) is 3.24. The van der Waals surface area contributed by atoms with Crippen LogP contribution in [0.15, 0.2) is 62.4 Å². The van der Waals surface area contributed by atoms with Crippen LogP contribution in [0.5, 0.6) is 0 Å². The maximum atomic E-state index is 7.73. The fourth-order valence-corrected chi connectivity index (χ4v) is 3.38. The van der Waals surface area contributed by atoms with E-state index >= 15 is 0 Å². The van der Waals surface area contributed by atoms with Crippen molar-refractivity contribution in [1.29, 1.82) is 5.41 Å². The standard InChI is InChI=1S/C22H22N4O2/c1-12(2)26-22(25)16-6-4-8-20-18(16)11-14(28-20)9-13-10-17-15(21(23)24)5-3-7-19(17)27-13/h3-8,10-12H,9H2,1-2H3,(H3,23,24)(H2,25,26). The number of nitrogens with one attached hydrogen (secondary N) is 1. The second kappa shape index (κ2) is 6.88. The first-order chi connectivity index (χ1) is 13.4.